The lowest BCUT2D eigenvalue weighted by atomic mass is 10.0. The highest BCUT2D eigenvalue weighted by Gasteiger charge is 2.18. The number of hydrogen-bond acceptors (Lipinski definition) is 4. The van der Waals surface area contributed by atoms with E-state index in [1.807, 2.05) is 42.5 Å². The average molecular weight is 380 g/mol. The summed E-state index contributed by atoms with van der Waals surface area (Å²) in [5.74, 6) is 0.0150. The van der Waals surface area contributed by atoms with E-state index in [4.69, 9.17) is 11.6 Å². The number of aliphatic hydroxyl groups excluding tert-OH is 1. The third-order valence-electron chi connectivity index (χ3n) is 4.61. The number of halogens is 1. The van der Waals surface area contributed by atoms with Gasteiger partial charge >= 0.3 is 0 Å². The molecule has 27 heavy (non-hydrogen) atoms. The second-order valence-corrected chi connectivity index (χ2v) is 6.87. The van der Waals surface area contributed by atoms with Crippen molar-refractivity contribution in [2.75, 3.05) is 17.2 Å². The first-order chi connectivity index (χ1) is 13.1. The van der Waals surface area contributed by atoms with Gasteiger partial charge in [0.25, 0.3) is 0 Å². The van der Waals surface area contributed by atoms with Crippen molar-refractivity contribution in [1.29, 1.82) is 0 Å². The number of anilines is 2. The fourth-order valence-electron chi connectivity index (χ4n) is 3.27. The van der Waals surface area contributed by atoms with Crippen molar-refractivity contribution in [3.05, 3.63) is 77.1 Å². The number of rotatable bonds is 5. The molecule has 4 rings (SSSR count). The molecular weight excluding hydrogens is 362 g/mol. The first-order valence-corrected chi connectivity index (χ1v) is 9.02. The van der Waals surface area contributed by atoms with E-state index in [0.29, 0.717) is 11.4 Å². The van der Waals surface area contributed by atoms with Crippen LogP contribution in [-0.4, -0.2) is 22.6 Å². The Morgan fingerprint density at radius 3 is 2.81 bits per heavy atom. The Morgan fingerprint density at radius 2 is 2.00 bits per heavy atom. The van der Waals surface area contributed by atoms with Gasteiger partial charge in [-0.25, -0.2) is 0 Å². The minimum atomic E-state index is -0.336. The molecule has 0 unspecified atom stereocenters. The van der Waals surface area contributed by atoms with E-state index >= 15 is 0 Å². The monoisotopic (exact) mass is 379 g/mol. The molecule has 1 amide bonds. The maximum atomic E-state index is 11.6. The van der Waals surface area contributed by atoms with Gasteiger partial charge in [0.2, 0.25) is 5.91 Å². The molecule has 1 atom stereocenters. The summed E-state index contributed by atoms with van der Waals surface area (Å²) in [6.45, 7) is -0.0966. The van der Waals surface area contributed by atoms with Crippen LogP contribution in [0.4, 0.5) is 11.4 Å². The lowest BCUT2D eigenvalue weighted by Gasteiger charge is -2.19. The highest BCUT2D eigenvalue weighted by Crippen LogP contribution is 2.31. The summed E-state index contributed by atoms with van der Waals surface area (Å²) in [5, 5.41) is 16.5. The molecule has 2 aromatic carbocycles. The van der Waals surface area contributed by atoms with Crippen LogP contribution >= 0.6 is 11.6 Å². The number of nitrogens with one attached hydrogen (secondary N) is 2. The van der Waals surface area contributed by atoms with Crippen LogP contribution in [0.5, 0.6) is 0 Å². The number of pyridine rings is 1. The second kappa shape index (κ2) is 7.39. The van der Waals surface area contributed by atoms with Crippen LogP contribution in [0.2, 0.25) is 5.02 Å². The molecule has 1 aromatic heterocycles. The zero-order chi connectivity index (χ0) is 18.8. The standard InChI is InChI=1S/C21H18ClN3O2/c22-18-4-2-1-3-17(18)20(12-26)24-16-8-15(10-23-11-16)13-5-6-19-14(7-13)9-21(27)25-19/h1-8,10-11,20,24,26H,9,12H2,(H,25,27)/t20-/m1/s1. The second-order valence-electron chi connectivity index (χ2n) is 6.46. The molecule has 136 valence electrons. The maximum Gasteiger partial charge on any atom is 0.228 e. The molecular formula is C21H18ClN3O2. The normalized spacial score (nSPS) is 13.8. The SMILES string of the molecule is O=C1Cc2cc(-c3cncc(N[C@H](CO)c4ccccc4Cl)c3)ccc2N1. The van der Waals surface area contributed by atoms with Crippen molar-refractivity contribution >= 4 is 28.9 Å². The number of fused-ring (bicyclic) bond motifs is 1. The van der Waals surface area contributed by atoms with Crippen LogP contribution < -0.4 is 10.6 Å². The Morgan fingerprint density at radius 1 is 1.15 bits per heavy atom. The van der Waals surface area contributed by atoms with E-state index in [0.717, 1.165) is 33.6 Å². The number of benzene rings is 2. The summed E-state index contributed by atoms with van der Waals surface area (Å²) in [7, 11) is 0. The summed E-state index contributed by atoms with van der Waals surface area (Å²) in [6, 6.07) is 14.9. The van der Waals surface area contributed by atoms with Crippen molar-refractivity contribution in [3.63, 3.8) is 0 Å². The minimum absolute atomic E-state index is 0.0150. The third kappa shape index (κ3) is 3.65. The van der Waals surface area contributed by atoms with Crippen molar-refractivity contribution in [2.45, 2.75) is 12.5 Å². The van der Waals surface area contributed by atoms with E-state index in [1.54, 1.807) is 18.5 Å². The number of aliphatic hydroxyl groups is 1. The summed E-state index contributed by atoms with van der Waals surface area (Å²) in [6.07, 6.45) is 3.88. The number of nitrogens with zero attached hydrogens (tertiary/aromatic N) is 1. The molecule has 0 saturated heterocycles. The van der Waals surface area contributed by atoms with Gasteiger partial charge in [0, 0.05) is 28.7 Å². The highest BCUT2D eigenvalue weighted by molar-refractivity contribution is 6.31. The predicted octanol–water partition coefficient (Wildman–Crippen LogP) is 4.04. The van der Waals surface area contributed by atoms with Crippen molar-refractivity contribution in [2.24, 2.45) is 0 Å². The molecule has 0 bridgehead atoms. The first-order valence-electron chi connectivity index (χ1n) is 8.64. The van der Waals surface area contributed by atoms with Gasteiger partial charge in [-0.05, 0) is 41.0 Å². The van der Waals surface area contributed by atoms with Crippen molar-refractivity contribution < 1.29 is 9.90 Å². The minimum Gasteiger partial charge on any atom is -0.394 e. The third-order valence-corrected chi connectivity index (χ3v) is 4.95. The molecule has 0 fully saturated rings. The molecule has 1 aliphatic rings. The molecule has 6 heteroatoms. The maximum absolute atomic E-state index is 11.6. The summed E-state index contributed by atoms with van der Waals surface area (Å²) < 4.78 is 0. The quantitative estimate of drug-likeness (QED) is 0.625. The van der Waals surface area contributed by atoms with Crippen LogP contribution in [-0.2, 0) is 11.2 Å². The Bertz CT molecular complexity index is 1010. The van der Waals surface area contributed by atoms with Crippen LogP contribution in [0.3, 0.4) is 0 Å². The molecule has 5 nitrogen and oxygen atoms in total. The Hall–Kier alpha value is -2.89. The summed E-state index contributed by atoms with van der Waals surface area (Å²) >= 11 is 6.26. The molecule has 0 radical (unpaired) electrons. The molecule has 3 N–H and O–H groups in total. The fraction of sp³-hybridized carbons (Fsp3) is 0.143. The van der Waals surface area contributed by atoms with Gasteiger partial charge in [-0.15, -0.1) is 0 Å². The number of carbonyl (C=O) groups is 1. The van der Waals surface area contributed by atoms with E-state index in [2.05, 4.69) is 15.6 Å². The van der Waals surface area contributed by atoms with E-state index in [9.17, 15) is 9.90 Å². The molecule has 1 aliphatic heterocycles. The van der Waals surface area contributed by atoms with Crippen molar-refractivity contribution in [1.82, 2.24) is 4.98 Å². The fourth-order valence-corrected chi connectivity index (χ4v) is 3.53. The zero-order valence-corrected chi connectivity index (χ0v) is 15.2. The van der Waals surface area contributed by atoms with Crippen LogP contribution in [0.1, 0.15) is 17.2 Å². The van der Waals surface area contributed by atoms with E-state index < -0.39 is 0 Å². The number of amides is 1. The number of aromatic nitrogens is 1. The lowest BCUT2D eigenvalue weighted by molar-refractivity contribution is -0.115. The zero-order valence-electron chi connectivity index (χ0n) is 14.4. The van der Waals surface area contributed by atoms with Gasteiger partial charge in [0.05, 0.1) is 24.8 Å². The van der Waals surface area contributed by atoms with Gasteiger partial charge < -0.3 is 15.7 Å². The Balaban J connectivity index is 1.60. The Labute approximate surface area is 162 Å². The van der Waals surface area contributed by atoms with Gasteiger partial charge in [-0.3, -0.25) is 9.78 Å². The molecule has 0 aliphatic carbocycles. The van der Waals surface area contributed by atoms with Gasteiger partial charge in [-0.1, -0.05) is 35.9 Å². The molecule has 3 aromatic rings. The van der Waals surface area contributed by atoms with Crippen LogP contribution in [0, 0.1) is 0 Å². The van der Waals surface area contributed by atoms with Crippen LogP contribution in [0.25, 0.3) is 11.1 Å². The molecule has 0 spiro atoms. The first kappa shape index (κ1) is 17.5. The smallest absolute Gasteiger partial charge is 0.228 e. The number of carbonyl (C=O) groups excluding carboxylic acids is 1. The summed E-state index contributed by atoms with van der Waals surface area (Å²) in [4.78, 5) is 15.9. The van der Waals surface area contributed by atoms with Gasteiger partial charge in [0.1, 0.15) is 0 Å². The Kier molecular flexibility index (Phi) is 4.79. The van der Waals surface area contributed by atoms with E-state index in [-0.39, 0.29) is 18.6 Å². The van der Waals surface area contributed by atoms with Gasteiger partial charge in [-0.2, -0.15) is 0 Å². The average Bonchev–Trinajstić information content (AvgIpc) is 3.06. The predicted molar refractivity (Wildman–Crippen MR) is 107 cm³/mol. The van der Waals surface area contributed by atoms with Crippen molar-refractivity contribution in [3.8, 4) is 11.1 Å². The van der Waals surface area contributed by atoms with Gasteiger partial charge in [0.15, 0.2) is 0 Å². The summed E-state index contributed by atoms with van der Waals surface area (Å²) in [5.41, 5.74) is 5.37. The number of hydrogen-bond donors (Lipinski definition) is 3. The molecule has 2 heterocycles. The van der Waals surface area contributed by atoms with E-state index in [1.165, 1.54) is 0 Å². The largest absolute Gasteiger partial charge is 0.394 e. The lowest BCUT2D eigenvalue weighted by Crippen LogP contribution is -2.15. The highest BCUT2D eigenvalue weighted by atomic mass is 35.5. The topological polar surface area (TPSA) is 74.2 Å². The molecule has 0 saturated carbocycles. The van der Waals surface area contributed by atoms with Crippen LogP contribution in [0.15, 0.2) is 60.9 Å².